The van der Waals surface area contributed by atoms with Crippen molar-refractivity contribution in [2.45, 2.75) is 59.9 Å². The fourth-order valence-corrected chi connectivity index (χ4v) is 6.78. The summed E-state index contributed by atoms with van der Waals surface area (Å²) in [4.78, 5) is 40.2. The number of anilines is 3. The molecular weight excluding hydrogens is 596 g/mol. The number of carbonyl (C=O) groups is 2. The smallest absolute Gasteiger partial charge is 0.265 e. The highest BCUT2D eigenvalue weighted by Gasteiger charge is 2.34. The van der Waals surface area contributed by atoms with Gasteiger partial charge in [0.2, 0.25) is 0 Å². The maximum atomic E-state index is 13.0. The summed E-state index contributed by atoms with van der Waals surface area (Å²) in [6.45, 7) is 14.1. The van der Waals surface area contributed by atoms with Crippen LogP contribution in [0.3, 0.4) is 0 Å². The van der Waals surface area contributed by atoms with Gasteiger partial charge in [0.05, 0.1) is 5.69 Å². The Morgan fingerprint density at radius 2 is 1.35 bits per heavy atom. The first-order valence-electron chi connectivity index (χ1n) is 16.7. The van der Waals surface area contributed by atoms with Crippen molar-refractivity contribution in [1.82, 2.24) is 4.57 Å². The predicted octanol–water partition coefficient (Wildman–Crippen LogP) is 8.14. The molecule has 5 aromatic carbocycles. The van der Waals surface area contributed by atoms with E-state index in [2.05, 4.69) is 43.9 Å². The number of hydrogen-bond donors (Lipinski definition) is 2. The van der Waals surface area contributed by atoms with Crippen molar-refractivity contribution in [1.29, 1.82) is 0 Å². The molecule has 1 aromatic heterocycles. The lowest BCUT2D eigenvalue weighted by atomic mass is 9.92. The molecule has 0 fully saturated rings. The van der Waals surface area contributed by atoms with E-state index < -0.39 is 0 Å². The van der Waals surface area contributed by atoms with Crippen LogP contribution in [0.5, 0.6) is 0 Å². The average molecular weight is 639 g/mol. The standard InChI is InChI=1S/C21H26N2O.C20H16N2O2/c1-4-6-13-22-19-12-11-18-20-16(9-8-10-17(19)20)15(3)23(21(18)24)14-7-5-2;1-11-8-12(2)10-13(9-11)22-19(23)15-5-3-4-14-17(21)7-6-16(18(14)15)20(22)24/h8-12,22H,3-7,13-14H2,1-2H3;3-10H,21H2,1-2H3. The molecule has 244 valence electrons. The van der Waals surface area contributed by atoms with E-state index in [9.17, 15) is 14.4 Å². The van der Waals surface area contributed by atoms with Crippen LogP contribution in [0.4, 0.5) is 17.1 Å². The second-order valence-electron chi connectivity index (χ2n) is 12.6. The summed E-state index contributed by atoms with van der Waals surface area (Å²) in [6, 6.07) is 24.8. The zero-order chi connectivity index (χ0) is 34.1. The van der Waals surface area contributed by atoms with Gasteiger partial charge in [0, 0.05) is 73.3 Å². The molecule has 2 amide bonds. The van der Waals surface area contributed by atoms with Crippen LogP contribution in [0.25, 0.3) is 38.9 Å². The summed E-state index contributed by atoms with van der Waals surface area (Å²) in [5, 5.41) is 9.77. The number of amides is 2. The van der Waals surface area contributed by atoms with Crippen molar-refractivity contribution < 1.29 is 9.59 Å². The number of pyridine rings is 1. The number of nitrogens with one attached hydrogen (secondary N) is 1. The van der Waals surface area contributed by atoms with Crippen LogP contribution in [-0.2, 0) is 6.54 Å². The number of aromatic nitrogens is 1. The quantitative estimate of drug-likeness (QED) is 0.0997. The monoisotopic (exact) mass is 638 g/mol. The molecule has 0 aliphatic carbocycles. The first-order chi connectivity index (χ1) is 23.2. The number of nitrogens with zero attached hydrogens (tertiary/aromatic N) is 2. The lowest BCUT2D eigenvalue weighted by molar-refractivity contribution is 0.0893. The van der Waals surface area contributed by atoms with Crippen LogP contribution in [0.1, 0.15) is 71.4 Å². The van der Waals surface area contributed by atoms with Crippen molar-refractivity contribution in [3.63, 3.8) is 0 Å². The van der Waals surface area contributed by atoms with Crippen molar-refractivity contribution >= 4 is 67.8 Å². The summed E-state index contributed by atoms with van der Waals surface area (Å²) in [5.74, 6) is -0.623. The van der Waals surface area contributed by atoms with E-state index in [1.807, 2.05) is 54.8 Å². The Kier molecular flexibility index (Phi) is 9.05. The van der Waals surface area contributed by atoms with E-state index in [0.717, 1.165) is 87.9 Å². The Morgan fingerprint density at radius 1 is 0.708 bits per heavy atom. The van der Waals surface area contributed by atoms with Gasteiger partial charge >= 0.3 is 0 Å². The summed E-state index contributed by atoms with van der Waals surface area (Å²) in [5.41, 5.74) is 11.4. The van der Waals surface area contributed by atoms with Crippen LogP contribution in [0, 0.1) is 13.8 Å². The highest BCUT2D eigenvalue weighted by molar-refractivity contribution is 6.36. The van der Waals surface area contributed by atoms with Gasteiger partial charge in [0.1, 0.15) is 0 Å². The number of hydrogen-bond acceptors (Lipinski definition) is 5. The third-order valence-corrected chi connectivity index (χ3v) is 9.14. The molecule has 0 bridgehead atoms. The maximum absolute atomic E-state index is 13.0. The molecule has 7 nitrogen and oxygen atoms in total. The molecule has 0 saturated heterocycles. The number of nitrogen functional groups attached to an aromatic ring is 1. The first kappa shape index (κ1) is 32.5. The summed E-state index contributed by atoms with van der Waals surface area (Å²) in [6.07, 6.45) is 4.36. The molecule has 1 aliphatic rings. The Hall–Kier alpha value is -5.43. The number of rotatable bonds is 8. The van der Waals surface area contributed by atoms with Crippen LogP contribution >= 0.6 is 0 Å². The second-order valence-corrected chi connectivity index (χ2v) is 12.6. The van der Waals surface area contributed by atoms with Crippen LogP contribution in [-0.4, -0.2) is 22.9 Å². The van der Waals surface area contributed by atoms with Crippen molar-refractivity contribution in [2.75, 3.05) is 22.5 Å². The topological polar surface area (TPSA) is 97.4 Å². The second kappa shape index (κ2) is 13.4. The van der Waals surface area contributed by atoms with Crippen LogP contribution < -0.4 is 26.9 Å². The molecule has 0 unspecified atom stereocenters. The zero-order valence-electron chi connectivity index (χ0n) is 28.2. The SMILES string of the molecule is C=c1c2cccc3c(NCCCC)ccc(c(=O)n1CCCC)c32.Cc1cc(C)cc(N2C(=O)c3cccc4c(N)ccc(c34)C2=O)c1. The van der Waals surface area contributed by atoms with E-state index in [1.165, 1.54) is 4.90 Å². The number of nitrogens with two attached hydrogens (primary N) is 1. The third-order valence-electron chi connectivity index (χ3n) is 9.14. The van der Waals surface area contributed by atoms with E-state index in [0.29, 0.717) is 27.9 Å². The molecule has 48 heavy (non-hydrogen) atoms. The number of benzene rings is 5. The Balaban J connectivity index is 0.000000167. The minimum atomic E-state index is -0.311. The molecule has 0 atom stereocenters. The summed E-state index contributed by atoms with van der Waals surface area (Å²) >= 11 is 0. The average Bonchev–Trinajstić information content (AvgIpc) is 3.07. The van der Waals surface area contributed by atoms with Gasteiger partial charge in [-0.3, -0.25) is 14.4 Å². The normalized spacial score (nSPS) is 12.5. The zero-order valence-corrected chi connectivity index (χ0v) is 28.2. The van der Waals surface area contributed by atoms with E-state index >= 15 is 0 Å². The summed E-state index contributed by atoms with van der Waals surface area (Å²) < 4.78 is 1.84. The largest absolute Gasteiger partial charge is 0.398 e. The van der Waals surface area contributed by atoms with E-state index in [4.69, 9.17) is 5.73 Å². The maximum Gasteiger partial charge on any atom is 0.265 e. The predicted molar refractivity (Wildman–Crippen MR) is 200 cm³/mol. The van der Waals surface area contributed by atoms with E-state index in [1.54, 1.807) is 24.3 Å². The van der Waals surface area contributed by atoms with Gasteiger partial charge in [-0.25, -0.2) is 4.90 Å². The van der Waals surface area contributed by atoms with Gasteiger partial charge in [-0.15, -0.1) is 0 Å². The molecule has 3 N–H and O–H groups in total. The van der Waals surface area contributed by atoms with Gasteiger partial charge in [-0.2, -0.15) is 0 Å². The Bertz CT molecular complexity index is 2250. The molecule has 1 aliphatic heterocycles. The molecule has 7 heteroatoms. The van der Waals surface area contributed by atoms with Crippen LogP contribution in [0.2, 0.25) is 0 Å². The van der Waals surface area contributed by atoms with Crippen molar-refractivity contribution in [3.8, 4) is 0 Å². The first-order valence-corrected chi connectivity index (χ1v) is 16.7. The van der Waals surface area contributed by atoms with Gasteiger partial charge in [0.15, 0.2) is 0 Å². The van der Waals surface area contributed by atoms with Crippen LogP contribution in [0.15, 0.2) is 83.7 Å². The fraction of sp³-hybridized carbons (Fsp3) is 0.244. The Morgan fingerprint density at radius 3 is 2.06 bits per heavy atom. The highest BCUT2D eigenvalue weighted by atomic mass is 16.2. The van der Waals surface area contributed by atoms with Crippen molar-refractivity contribution in [3.05, 3.63) is 117 Å². The number of unbranched alkanes of at least 4 members (excludes halogenated alkanes) is 2. The van der Waals surface area contributed by atoms with Gasteiger partial charge in [-0.1, -0.05) is 69.7 Å². The number of aryl methyl sites for hydroxylation is 2. The van der Waals surface area contributed by atoms with Crippen molar-refractivity contribution in [2.24, 2.45) is 0 Å². The highest BCUT2D eigenvalue weighted by Crippen LogP contribution is 2.36. The minimum absolute atomic E-state index is 0.0808. The molecule has 0 saturated carbocycles. The van der Waals surface area contributed by atoms with Gasteiger partial charge in [0.25, 0.3) is 17.4 Å². The number of carbonyl (C=O) groups excluding carboxylic acids is 2. The third kappa shape index (κ3) is 5.70. The number of imide groups is 1. The molecular formula is C41H42N4O3. The summed E-state index contributed by atoms with van der Waals surface area (Å²) in [7, 11) is 0. The molecule has 2 heterocycles. The lowest BCUT2D eigenvalue weighted by Gasteiger charge is -2.28. The molecule has 6 aromatic rings. The Labute approximate surface area is 280 Å². The van der Waals surface area contributed by atoms with E-state index in [-0.39, 0.29) is 17.4 Å². The molecule has 0 spiro atoms. The fourth-order valence-electron chi connectivity index (χ4n) is 6.78. The molecule has 7 rings (SSSR count). The minimum Gasteiger partial charge on any atom is -0.398 e. The lowest BCUT2D eigenvalue weighted by Crippen LogP contribution is -2.40. The van der Waals surface area contributed by atoms with Gasteiger partial charge < -0.3 is 15.6 Å². The molecule has 0 radical (unpaired) electrons. The van der Waals surface area contributed by atoms with Gasteiger partial charge in [-0.05, 0) is 80.3 Å².